The molecule has 0 unspecified atom stereocenters. The number of hydrogen-bond donors (Lipinski definition) is 0. The van der Waals surface area contributed by atoms with Crippen LogP contribution in [0.25, 0.3) is 16.7 Å². The summed E-state index contributed by atoms with van der Waals surface area (Å²) in [6.07, 6.45) is 5.15. The summed E-state index contributed by atoms with van der Waals surface area (Å²) in [4.78, 5) is 31.4. The van der Waals surface area contributed by atoms with Gasteiger partial charge in [0.25, 0.3) is 0 Å². The third-order valence-corrected chi connectivity index (χ3v) is 5.93. The Labute approximate surface area is 193 Å². The number of carbonyl (C=O) groups is 1. The van der Waals surface area contributed by atoms with Crippen molar-refractivity contribution in [3.8, 4) is 17.2 Å². The topological polar surface area (TPSA) is 69.4 Å². The van der Waals surface area contributed by atoms with Crippen LogP contribution in [0.3, 0.4) is 0 Å². The molecule has 172 valence electrons. The van der Waals surface area contributed by atoms with Gasteiger partial charge in [-0.25, -0.2) is 9.18 Å². The van der Waals surface area contributed by atoms with Crippen LogP contribution in [0, 0.1) is 11.6 Å². The maximum absolute atomic E-state index is 13.9. The van der Waals surface area contributed by atoms with Crippen molar-refractivity contribution in [2.45, 2.75) is 12.5 Å². The van der Waals surface area contributed by atoms with Crippen molar-refractivity contribution in [1.29, 1.82) is 0 Å². The van der Waals surface area contributed by atoms with Gasteiger partial charge in [0.05, 0.1) is 29.0 Å². The Kier molecular flexibility index (Phi) is 5.45. The molecule has 4 aromatic rings. The van der Waals surface area contributed by atoms with Crippen LogP contribution in [0.4, 0.5) is 8.78 Å². The first-order valence-electron chi connectivity index (χ1n) is 10.7. The summed E-state index contributed by atoms with van der Waals surface area (Å²) in [5.74, 6) is -2.17. The zero-order valence-electron chi connectivity index (χ0n) is 18.0. The number of rotatable bonds is 5. The lowest BCUT2D eigenvalue weighted by atomic mass is 10.2. The average molecular weight is 462 g/mol. The minimum atomic E-state index is -1.07. The SMILES string of the molecule is C=CC(=O)N1CC[C@@H](n2c(=O)n(-c3ccc(Oc4cccc(F)c4F)cc3)c3cnccc32)C1. The van der Waals surface area contributed by atoms with E-state index in [4.69, 9.17) is 4.74 Å². The third-order valence-electron chi connectivity index (χ3n) is 5.93. The monoisotopic (exact) mass is 462 g/mol. The smallest absolute Gasteiger partial charge is 0.334 e. The van der Waals surface area contributed by atoms with Gasteiger partial charge >= 0.3 is 5.69 Å². The summed E-state index contributed by atoms with van der Waals surface area (Å²) >= 11 is 0. The molecule has 34 heavy (non-hydrogen) atoms. The molecule has 0 saturated carbocycles. The molecular weight excluding hydrogens is 442 g/mol. The van der Waals surface area contributed by atoms with Gasteiger partial charge in [-0.3, -0.25) is 18.9 Å². The van der Waals surface area contributed by atoms with Crippen molar-refractivity contribution >= 4 is 16.9 Å². The number of imidazole rings is 1. The lowest BCUT2D eigenvalue weighted by molar-refractivity contribution is -0.125. The highest BCUT2D eigenvalue weighted by molar-refractivity contribution is 5.87. The van der Waals surface area contributed by atoms with Gasteiger partial charge in [-0.1, -0.05) is 12.6 Å². The molecular formula is C25H20F2N4O3. The summed E-state index contributed by atoms with van der Waals surface area (Å²) in [6.45, 7) is 4.49. The number of amides is 1. The summed E-state index contributed by atoms with van der Waals surface area (Å²) < 4.78 is 36.1. The molecule has 0 radical (unpaired) electrons. The molecule has 0 bridgehead atoms. The van der Waals surface area contributed by atoms with Crippen molar-refractivity contribution in [3.63, 3.8) is 0 Å². The second-order valence-electron chi connectivity index (χ2n) is 7.93. The van der Waals surface area contributed by atoms with Crippen LogP contribution in [0.5, 0.6) is 11.5 Å². The Bertz CT molecular complexity index is 1460. The highest BCUT2D eigenvalue weighted by Crippen LogP contribution is 2.29. The van der Waals surface area contributed by atoms with Gasteiger partial charge < -0.3 is 9.64 Å². The van der Waals surface area contributed by atoms with E-state index in [9.17, 15) is 18.4 Å². The first-order chi connectivity index (χ1) is 16.5. The molecule has 1 saturated heterocycles. The molecule has 3 heterocycles. The van der Waals surface area contributed by atoms with Gasteiger partial charge in [0.1, 0.15) is 5.75 Å². The van der Waals surface area contributed by atoms with Crippen LogP contribution in [0.1, 0.15) is 12.5 Å². The average Bonchev–Trinajstić information content (AvgIpc) is 3.44. The molecule has 9 heteroatoms. The second kappa shape index (κ2) is 8.58. The molecule has 0 spiro atoms. The van der Waals surface area contributed by atoms with E-state index in [0.29, 0.717) is 36.2 Å². The number of carbonyl (C=O) groups excluding carboxylic acids is 1. The third kappa shape index (κ3) is 3.64. The zero-order chi connectivity index (χ0) is 23.8. The first kappa shape index (κ1) is 21.6. The van der Waals surface area contributed by atoms with Crippen molar-refractivity contribution in [1.82, 2.24) is 19.0 Å². The largest absolute Gasteiger partial charge is 0.454 e. The number of likely N-dealkylation sites (tertiary alicyclic amines) is 1. The van der Waals surface area contributed by atoms with Crippen LogP contribution in [0.15, 0.2) is 78.4 Å². The number of aromatic nitrogens is 3. The van der Waals surface area contributed by atoms with Gasteiger partial charge in [0.2, 0.25) is 11.7 Å². The molecule has 1 aliphatic heterocycles. The fourth-order valence-electron chi connectivity index (χ4n) is 4.31. The number of fused-ring (bicyclic) bond motifs is 1. The predicted molar refractivity (Wildman–Crippen MR) is 122 cm³/mol. The van der Waals surface area contributed by atoms with Crippen molar-refractivity contribution in [3.05, 3.63) is 95.7 Å². The van der Waals surface area contributed by atoms with E-state index in [0.717, 1.165) is 6.07 Å². The normalized spacial score (nSPS) is 15.6. The van der Waals surface area contributed by atoms with E-state index in [2.05, 4.69) is 11.6 Å². The molecule has 0 aliphatic carbocycles. The second-order valence-corrected chi connectivity index (χ2v) is 7.93. The van der Waals surface area contributed by atoms with Gasteiger partial charge in [0, 0.05) is 19.3 Å². The van der Waals surface area contributed by atoms with Gasteiger partial charge in [-0.05, 0) is 55.0 Å². The molecule has 5 rings (SSSR count). The van der Waals surface area contributed by atoms with E-state index in [1.165, 1.54) is 22.8 Å². The predicted octanol–water partition coefficient (Wildman–Crippen LogP) is 4.22. The molecule has 2 aromatic heterocycles. The lowest BCUT2D eigenvalue weighted by Gasteiger charge is -2.15. The highest BCUT2D eigenvalue weighted by Gasteiger charge is 2.30. The molecule has 1 fully saturated rings. The lowest BCUT2D eigenvalue weighted by Crippen LogP contribution is -2.31. The van der Waals surface area contributed by atoms with E-state index in [-0.39, 0.29) is 29.1 Å². The highest BCUT2D eigenvalue weighted by atomic mass is 19.2. The minimum absolute atomic E-state index is 0.161. The summed E-state index contributed by atoms with van der Waals surface area (Å²) in [5, 5.41) is 0. The van der Waals surface area contributed by atoms with E-state index < -0.39 is 11.6 Å². The van der Waals surface area contributed by atoms with Crippen molar-refractivity contribution in [2.75, 3.05) is 13.1 Å². The summed E-state index contributed by atoms with van der Waals surface area (Å²) in [6, 6.07) is 11.8. The number of hydrogen-bond acceptors (Lipinski definition) is 4. The van der Waals surface area contributed by atoms with E-state index in [1.807, 2.05) is 0 Å². The summed E-state index contributed by atoms with van der Waals surface area (Å²) in [7, 11) is 0. The Hall–Kier alpha value is -4.27. The Morgan fingerprint density at radius 2 is 1.91 bits per heavy atom. The number of nitrogens with zero attached hydrogens (tertiary/aromatic N) is 4. The summed E-state index contributed by atoms with van der Waals surface area (Å²) in [5.41, 5.74) is 1.63. The van der Waals surface area contributed by atoms with Gasteiger partial charge in [-0.15, -0.1) is 0 Å². The maximum atomic E-state index is 13.9. The van der Waals surface area contributed by atoms with E-state index >= 15 is 0 Å². The van der Waals surface area contributed by atoms with Crippen molar-refractivity contribution < 1.29 is 18.3 Å². The Morgan fingerprint density at radius 1 is 1.12 bits per heavy atom. The Balaban J connectivity index is 1.50. The number of halogens is 2. The van der Waals surface area contributed by atoms with Gasteiger partial charge in [-0.2, -0.15) is 4.39 Å². The molecule has 1 aliphatic rings. The van der Waals surface area contributed by atoms with Crippen LogP contribution >= 0.6 is 0 Å². The van der Waals surface area contributed by atoms with Crippen LogP contribution in [-0.2, 0) is 4.79 Å². The molecule has 0 N–H and O–H groups in total. The fraction of sp³-hybridized carbons (Fsp3) is 0.160. The van der Waals surface area contributed by atoms with Crippen LogP contribution < -0.4 is 10.4 Å². The van der Waals surface area contributed by atoms with Gasteiger partial charge in [0.15, 0.2) is 11.6 Å². The molecule has 2 aromatic carbocycles. The molecule has 1 amide bonds. The Morgan fingerprint density at radius 3 is 2.68 bits per heavy atom. The number of ether oxygens (including phenoxy) is 1. The fourth-order valence-corrected chi connectivity index (χ4v) is 4.31. The molecule has 7 nitrogen and oxygen atoms in total. The van der Waals surface area contributed by atoms with Crippen molar-refractivity contribution in [2.24, 2.45) is 0 Å². The van der Waals surface area contributed by atoms with E-state index in [1.54, 1.807) is 52.2 Å². The standard InChI is InChI=1S/C25H20F2N4O3/c1-2-23(32)29-13-11-17(15-29)31-20-10-12-28-14-21(20)30(25(31)33)16-6-8-18(9-7-16)34-22-5-3-4-19(26)24(22)27/h2-10,12,14,17H,1,11,13,15H2/t17-/m1/s1. The zero-order valence-corrected chi connectivity index (χ0v) is 18.0. The number of pyridine rings is 1. The minimum Gasteiger partial charge on any atom is -0.454 e. The maximum Gasteiger partial charge on any atom is 0.334 e. The van der Waals surface area contributed by atoms with Crippen LogP contribution in [0.2, 0.25) is 0 Å². The number of benzene rings is 2. The quantitative estimate of drug-likeness (QED) is 0.417. The first-order valence-corrected chi connectivity index (χ1v) is 10.7. The molecule has 1 atom stereocenters. The van der Waals surface area contributed by atoms with Crippen LogP contribution in [-0.4, -0.2) is 38.0 Å².